The number of aliphatic imine (C=N–C) groups is 1. The smallest absolute Gasteiger partial charge is 0.264 e. The Labute approximate surface area is 144 Å². The molecule has 130 valence electrons. The molecule has 0 saturated carbocycles. The summed E-state index contributed by atoms with van der Waals surface area (Å²) in [5.41, 5.74) is 1.41. The van der Waals surface area contributed by atoms with Crippen LogP contribution in [0, 0.1) is 0 Å². The lowest BCUT2D eigenvalue weighted by Gasteiger charge is -2.32. The Morgan fingerprint density at radius 2 is 2.00 bits per heavy atom. The highest BCUT2D eigenvalue weighted by Crippen LogP contribution is 2.29. The summed E-state index contributed by atoms with van der Waals surface area (Å²) in [4.78, 5) is 7.31. The molecule has 2 aliphatic heterocycles. The van der Waals surface area contributed by atoms with E-state index in [0.29, 0.717) is 34.5 Å². The third kappa shape index (κ3) is 3.54. The topological polar surface area (TPSA) is 61.8 Å². The normalized spacial score (nSPS) is 25.9. The number of sulfonamides is 1. The molecule has 1 aromatic rings. The minimum absolute atomic E-state index is 0.341. The molecule has 5 nitrogen and oxygen atoms in total. The summed E-state index contributed by atoms with van der Waals surface area (Å²) in [7, 11) is -3.52. The van der Waals surface area contributed by atoms with Gasteiger partial charge in [0.25, 0.3) is 10.0 Å². The minimum Gasteiger partial charge on any atom is -0.299 e. The number of nitrogens with one attached hydrogen (secondary N) is 1. The first kappa shape index (κ1) is 17.2. The fourth-order valence-corrected chi connectivity index (χ4v) is 4.98. The summed E-state index contributed by atoms with van der Waals surface area (Å²) >= 11 is 0. The predicted molar refractivity (Wildman–Crippen MR) is 98.3 cm³/mol. The van der Waals surface area contributed by atoms with E-state index in [-0.39, 0.29) is 0 Å². The van der Waals surface area contributed by atoms with Gasteiger partial charge in [0.2, 0.25) is 0 Å². The van der Waals surface area contributed by atoms with Crippen LogP contribution in [0.4, 0.5) is 0 Å². The van der Waals surface area contributed by atoms with Gasteiger partial charge in [-0.15, -0.1) is 0 Å². The van der Waals surface area contributed by atoms with Crippen LogP contribution in [0.2, 0.25) is 0 Å². The van der Waals surface area contributed by atoms with E-state index in [4.69, 9.17) is 0 Å². The zero-order chi connectivity index (χ0) is 17.2. The molecule has 1 aromatic carbocycles. The van der Waals surface area contributed by atoms with Crippen LogP contribution in [0.15, 0.2) is 40.9 Å². The summed E-state index contributed by atoms with van der Waals surface area (Å²) in [6.07, 6.45) is 3.78. The highest BCUT2D eigenvalue weighted by atomic mass is 32.2. The zero-order valence-corrected chi connectivity index (χ0v) is 15.1. The number of hydrogen-bond donors (Lipinski definition) is 1. The van der Waals surface area contributed by atoms with E-state index in [2.05, 4.69) is 21.5 Å². The van der Waals surface area contributed by atoms with Crippen molar-refractivity contribution in [3.63, 3.8) is 0 Å². The Balaban J connectivity index is 1.76. The van der Waals surface area contributed by atoms with Crippen molar-refractivity contribution in [1.29, 1.82) is 0 Å². The van der Waals surface area contributed by atoms with Gasteiger partial charge >= 0.3 is 0 Å². The number of amidine groups is 1. The summed E-state index contributed by atoms with van der Waals surface area (Å²) < 4.78 is 27.5. The van der Waals surface area contributed by atoms with Crippen LogP contribution in [0.25, 0.3) is 4.91 Å². The molecule has 6 heteroatoms. The first-order valence-corrected chi connectivity index (χ1v) is 10.1. The second-order valence-electron chi connectivity index (χ2n) is 6.54. The molecule has 0 aromatic heterocycles. The van der Waals surface area contributed by atoms with Gasteiger partial charge in [-0.25, -0.2) is 8.42 Å². The molecule has 1 N–H and O–H groups in total. The van der Waals surface area contributed by atoms with Crippen molar-refractivity contribution in [1.82, 2.24) is 9.62 Å². The van der Waals surface area contributed by atoms with Crippen molar-refractivity contribution in [3.05, 3.63) is 41.5 Å². The lowest BCUT2D eigenvalue weighted by Crippen LogP contribution is -2.39. The Kier molecular flexibility index (Phi) is 5.06. The molecular formula is C18H25N3O2S. The summed E-state index contributed by atoms with van der Waals surface area (Å²) in [5.74, 6) is 0.485. The first-order valence-electron chi connectivity index (χ1n) is 8.57. The van der Waals surface area contributed by atoms with Crippen molar-refractivity contribution < 1.29 is 8.42 Å². The fourth-order valence-electron chi connectivity index (χ4n) is 3.46. The molecule has 1 unspecified atom stereocenters. The molecule has 2 aliphatic rings. The average molecular weight is 347 g/mol. The second kappa shape index (κ2) is 7.07. The molecule has 2 heterocycles. The summed E-state index contributed by atoms with van der Waals surface area (Å²) in [6, 6.07) is 9.79. The number of rotatable bonds is 4. The SMILES string of the molecule is CC1=C(c2ccccc2)S(=O)(=O)NC1=NCCN1CCCCC1C. The molecule has 0 bridgehead atoms. The van der Waals surface area contributed by atoms with E-state index in [1.807, 2.05) is 37.3 Å². The van der Waals surface area contributed by atoms with Gasteiger partial charge in [-0.2, -0.15) is 0 Å². The molecule has 0 amide bonds. The third-order valence-electron chi connectivity index (χ3n) is 4.83. The zero-order valence-electron chi connectivity index (χ0n) is 14.3. The monoisotopic (exact) mass is 347 g/mol. The van der Waals surface area contributed by atoms with Gasteiger partial charge in [0.1, 0.15) is 10.7 Å². The van der Waals surface area contributed by atoms with Crippen LogP contribution in [-0.2, 0) is 10.0 Å². The number of benzene rings is 1. The predicted octanol–water partition coefficient (Wildman–Crippen LogP) is 2.62. The number of nitrogens with zero attached hydrogens (tertiary/aromatic N) is 2. The molecule has 1 fully saturated rings. The van der Waals surface area contributed by atoms with Crippen LogP contribution < -0.4 is 4.72 Å². The van der Waals surface area contributed by atoms with E-state index < -0.39 is 10.0 Å². The maximum atomic E-state index is 12.4. The van der Waals surface area contributed by atoms with Crippen molar-refractivity contribution >= 4 is 20.8 Å². The van der Waals surface area contributed by atoms with Gasteiger partial charge in [-0.3, -0.25) is 14.6 Å². The molecule has 1 saturated heterocycles. The third-order valence-corrected chi connectivity index (χ3v) is 6.37. The Bertz CT molecular complexity index is 754. The maximum absolute atomic E-state index is 12.4. The average Bonchev–Trinajstić information content (AvgIpc) is 2.79. The molecule has 3 rings (SSSR count). The van der Waals surface area contributed by atoms with Gasteiger partial charge < -0.3 is 0 Å². The number of piperidine rings is 1. The summed E-state index contributed by atoms with van der Waals surface area (Å²) in [6.45, 7) is 6.68. The van der Waals surface area contributed by atoms with Crippen LogP contribution in [0.1, 0.15) is 38.7 Å². The van der Waals surface area contributed by atoms with Crippen LogP contribution in [0.5, 0.6) is 0 Å². The Hall–Kier alpha value is -1.66. The van der Waals surface area contributed by atoms with E-state index in [1.54, 1.807) is 0 Å². The highest BCUT2D eigenvalue weighted by molar-refractivity contribution is 8.00. The molecule has 0 radical (unpaired) electrons. The highest BCUT2D eigenvalue weighted by Gasteiger charge is 2.32. The van der Waals surface area contributed by atoms with Crippen molar-refractivity contribution in [3.8, 4) is 0 Å². The van der Waals surface area contributed by atoms with Gasteiger partial charge in [0.05, 0.1) is 6.54 Å². The largest absolute Gasteiger partial charge is 0.299 e. The standard InChI is InChI=1S/C18H25N3O2S/c1-14-8-6-7-12-21(14)13-11-19-18-15(2)17(24(22,23)20-18)16-9-4-3-5-10-16/h3-5,9-10,14H,6-8,11-13H2,1-2H3,(H,19,20). The molecule has 0 spiro atoms. The van der Waals surface area contributed by atoms with Crippen LogP contribution >= 0.6 is 0 Å². The number of likely N-dealkylation sites (tertiary alicyclic amines) is 1. The lowest BCUT2D eigenvalue weighted by molar-refractivity contribution is 0.166. The van der Waals surface area contributed by atoms with E-state index >= 15 is 0 Å². The quantitative estimate of drug-likeness (QED) is 0.911. The first-order chi connectivity index (χ1) is 11.5. The van der Waals surface area contributed by atoms with E-state index in [0.717, 1.165) is 13.1 Å². The van der Waals surface area contributed by atoms with Crippen LogP contribution in [-0.4, -0.2) is 44.8 Å². The fraction of sp³-hybridized carbons (Fsp3) is 0.500. The van der Waals surface area contributed by atoms with Crippen molar-refractivity contribution in [2.45, 2.75) is 39.2 Å². The van der Waals surface area contributed by atoms with Crippen molar-refractivity contribution in [2.75, 3.05) is 19.6 Å². The van der Waals surface area contributed by atoms with E-state index in [9.17, 15) is 8.42 Å². The number of hydrogen-bond acceptors (Lipinski definition) is 4. The molecular weight excluding hydrogens is 322 g/mol. The molecule has 1 atom stereocenters. The molecule has 0 aliphatic carbocycles. The van der Waals surface area contributed by atoms with Crippen LogP contribution in [0.3, 0.4) is 0 Å². The van der Waals surface area contributed by atoms with Gasteiger partial charge in [0.15, 0.2) is 0 Å². The molecule has 24 heavy (non-hydrogen) atoms. The Morgan fingerprint density at radius 3 is 2.71 bits per heavy atom. The van der Waals surface area contributed by atoms with Gasteiger partial charge in [-0.05, 0) is 38.8 Å². The summed E-state index contributed by atoms with van der Waals surface area (Å²) in [5, 5.41) is 0. The minimum atomic E-state index is -3.52. The van der Waals surface area contributed by atoms with Gasteiger partial charge in [-0.1, -0.05) is 36.8 Å². The van der Waals surface area contributed by atoms with Gasteiger partial charge in [0, 0.05) is 18.2 Å². The van der Waals surface area contributed by atoms with E-state index in [1.165, 1.54) is 19.3 Å². The van der Waals surface area contributed by atoms with Crippen molar-refractivity contribution in [2.24, 2.45) is 4.99 Å². The Morgan fingerprint density at radius 1 is 1.25 bits per heavy atom. The lowest BCUT2D eigenvalue weighted by atomic mass is 10.0. The second-order valence-corrected chi connectivity index (χ2v) is 8.16. The maximum Gasteiger partial charge on any atom is 0.264 e.